The van der Waals surface area contributed by atoms with Crippen LogP contribution in [0.1, 0.15) is 11.4 Å². The lowest BCUT2D eigenvalue weighted by atomic mass is 10.1. The number of aromatic amines is 1. The predicted molar refractivity (Wildman–Crippen MR) is 53.0 cm³/mol. The Hall–Kier alpha value is -2.44. The maximum atomic E-state index is 10.7. The van der Waals surface area contributed by atoms with Crippen LogP contribution in [-0.2, 0) is 6.42 Å². The summed E-state index contributed by atoms with van der Waals surface area (Å²) >= 11 is 0. The molecule has 16 heavy (non-hydrogen) atoms. The first-order chi connectivity index (χ1) is 7.65. The Balaban J connectivity index is 2.25. The Kier molecular flexibility index (Phi) is 2.50. The van der Waals surface area contributed by atoms with E-state index in [0.717, 1.165) is 0 Å². The fourth-order valence-corrected chi connectivity index (χ4v) is 1.31. The first-order valence-electron chi connectivity index (χ1n) is 4.43. The van der Waals surface area contributed by atoms with Gasteiger partial charge in [0.25, 0.3) is 5.69 Å². The molecule has 0 aliphatic rings. The molecule has 1 heterocycles. The van der Waals surface area contributed by atoms with Crippen molar-refractivity contribution < 1.29 is 9.45 Å². The molecule has 0 amide bonds. The third-order valence-corrected chi connectivity index (χ3v) is 1.98. The molecule has 1 N–H and O–H groups in total. The Labute approximate surface area is 88.9 Å². The fraction of sp³-hybridized carbons (Fsp3) is 0.111. The van der Waals surface area contributed by atoms with Gasteiger partial charge in [0.1, 0.15) is 0 Å². The van der Waals surface area contributed by atoms with E-state index in [-0.39, 0.29) is 12.1 Å². The average molecular weight is 221 g/mol. The molecule has 0 fully saturated rings. The van der Waals surface area contributed by atoms with Crippen LogP contribution in [0.2, 0.25) is 0 Å². The van der Waals surface area contributed by atoms with E-state index in [1.165, 1.54) is 12.1 Å². The highest BCUT2D eigenvalue weighted by molar-refractivity contribution is 5.35. The van der Waals surface area contributed by atoms with Gasteiger partial charge in [-0.3, -0.25) is 19.6 Å². The maximum absolute atomic E-state index is 10.7. The number of benzene rings is 1. The lowest BCUT2D eigenvalue weighted by Gasteiger charge is -1.96. The summed E-state index contributed by atoms with van der Waals surface area (Å²) in [6.45, 7) is 0. The number of hydrogen-bond acceptors (Lipinski definition) is 5. The number of rotatable bonds is 3. The summed E-state index contributed by atoms with van der Waals surface area (Å²) < 4.78 is 4.32. The Morgan fingerprint density at radius 2 is 2.31 bits per heavy atom. The molecule has 0 aliphatic heterocycles. The highest BCUT2D eigenvalue weighted by atomic mass is 16.6. The van der Waals surface area contributed by atoms with E-state index in [0.29, 0.717) is 11.4 Å². The molecule has 0 bridgehead atoms. The Morgan fingerprint density at radius 1 is 1.50 bits per heavy atom. The van der Waals surface area contributed by atoms with E-state index < -0.39 is 10.7 Å². The molecule has 0 radical (unpaired) electrons. The first-order valence-corrected chi connectivity index (χ1v) is 4.43. The Morgan fingerprint density at radius 3 is 2.94 bits per heavy atom. The van der Waals surface area contributed by atoms with Crippen molar-refractivity contribution in [3.05, 3.63) is 56.3 Å². The monoisotopic (exact) mass is 221 g/mol. The van der Waals surface area contributed by atoms with Gasteiger partial charge in [-0.15, -0.1) is 0 Å². The van der Waals surface area contributed by atoms with Crippen LogP contribution in [-0.4, -0.2) is 15.1 Å². The molecular weight excluding hydrogens is 214 g/mol. The van der Waals surface area contributed by atoms with Crippen molar-refractivity contribution in [2.24, 2.45) is 0 Å². The van der Waals surface area contributed by atoms with Crippen LogP contribution in [0.15, 0.2) is 33.6 Å². The van der Waals surface area contributed by atoms with Crippen LogP contribution in [0.4, 0.5) is 5.69 Å². The Bertz CT molecular complexity index is 572. The smallest absolute Gasteiger partial charge is 0.296 e. The van der Waals surface area contributed by atoms with Gasteiger partial charge in [0.15, 0.2) is 5.82 Å². The zero-order chi connectivity index (χ0) is 11.5. The van der Waals surface area contributed by atoms with Gasteiger partial charge in [-0.05, 0) is 5.56 Å². The van der Waals surface area contributed by atoms with E-state index in [1.807, 2.05) is 0 Å². The molecule has 2 aromatic rings. The predicted octanol–water partition coefficient (Wildman–Crippen LogP) is 0.862. The number of nitrogens with one attached hydrogen (secondary N) is 1. The topological polar surface area (TPSA) is 102 Å². The first kappa shape index (κ1) is 10.1. The molecule has 0 atom stereocenters. The quantitative estimate of drug-likeness (QED) is 0.611. The zero-order valence-electron chi connectivity index (χ0n) is 8.04. The molecule has 0 spiro atoms. The minimum absolute atomic E-state index is 0.00309. The summed E-state index contributed by atoms with van der Waals surface area (Å²) in [5.41, 5.74) is 0.682. The summed E-state index contributed by atoms with van der Waals surface area (Å²) in [4.78, 5) is 23.1. The maximum Gasteiger partial charge on any atom is 0.438 e. The molecule has 1 aromatic carbocycles. The van der Waals surface area contributed by atoms with Crippen molar-refractivity contribution in [2.75, 3.05) is 0 Å². The number of nitrogens with zero attached hydrogens (tertiary/aromatic N) is 2. The van der Waals surface area contributed by atoms with Crippen molar-refractivity contribution in [1.82, 2.24) is 10.1 Å². The summed E-state index contributed by atoms with van der Waals surface area (Å²) in [5, 5.41) is 14.0. The molecule has 7 heteroatoms. The molecule has 1 aromatic heterocycles. The van der Waals surface area contributed by atoms with Crippen LogP contribution >= 0.6 is 0 Å². The van der Waals surface area contributed by atoms with E-state index in [9.17, 15) is 14.9 Å². The third-order valence-electron chi connectivity index (χ3n) is 1.98. The van der Waals surface area contributed by atoms with Crippen LogP contribution < -0.4 is 5.76 Å². The minimum Gasteiger partial charge on any atom is -0.296 e. The second-order valence-corrected chi connectivity index (χ2v) is 3.15. The molecule has 82 valence electrons. The third kappa shape index (κ3) is 2.14. The molecular formula is C9H7N3O4. The van der Waals surface area contributed by atoms with Gasteiger partial charge >= 0.3 is 5.76 Å². The van der Waals surface area contributed by atoms with Crippen molar-refractivity contribution >= 4 is 5.69 Å². The standard InChI is InChI=1S/C9H7N3O4/c13-9-10-8(11-16-9)5-6-2-1-3-7(4-6)12(14)15/h1-4H,5H2,(H,10,11,13). The van der Waals surface area contributed by atoms with Crippen LogP contribution in [0.25, 0.3) is 0 Å². The van der Waals surface area contributed by atoms with Gasteiger partial charge in [0, 0.05) is 18.6 Å². The van der Waals surface area contributed by atoms with Gasteiger partial charge in [-0.25, -0.2) is 4.79 Å². The number of H-pyrrole nitrogens is 1. The molecule has 0 aliphatic carbocycles. The van der Waals surface area contributed by atoms with Gasteiger partial charge < -0.3 is 0 Å². The van der Waals surface area contributed by atoms with Gasteiger partial charge in [-0.2, -0.15) is 0 Å². The van der Waals surface area contributed by atoms with E-state index in [2.05, 4.69) is 14.7 Å². The second-order valence-electron chi connectivity index (χ2n) is 3.15. The highest BCUT2D eigenvalue weighted by Crippen LogP contribution is 2.14. The lowest BCUT2D eigenvalue weighted by molar-refractivity contribution is -0.384. The summed E-state index contributed by atoms with van der Waals surface area (Å²) in [6, 6.07) is 6.10. The molecule has 0 unspecified atom stereocenters. The normalized spacial score (nSPS) is 10.2. The van der Waals surface area contributed by atoms with E-state index in [1.54, 1.807) is 12.1 Å². The summed E-state index contributed by atoms with van der Waals surface area (Å²) in [5.74, 6) is -0.300. The number of hydrogen-bond donors (Lipinski definition) is 1. The fourth-order valence-electron chi connectivity index (χ4n) is 1.31. The van der Waals surface area contributed by atoms with Crippen LogP contribution in [0.5, 0.6) is 0 Å². The van der Waals surface area contributed by atoms with Gasteiger partial charge in [-0.1, -0.05) is 17.3 Å². The minimum atomic E-state index is -0.638. The average Bonchev–Trinajstić information content (AvgIpc) is 2.64. The molecule has 7 nitrogen and oxygen atoms in total. The van der Waals surface area contributed by atoms with E-state index in [4.69, 9.17) is 0 Å². The molecule has 0 saturated heterocycles. The number of nitro groups is 1. The molecule has 0 saturated carbocycles. The van der Waals surface area contributed by atoms with Crippen molar-refractivity contribution in [3.63, 3.8) is 0 Å². The van der Waals surface area contributed by atoms with Gasteiger partial charge in [0.2, 0.25) is 0 Å². The van der Waals surface area contributed by atoms with Crippen molar-refractivity contribution in [2.45, 2.75) is 6.42 Å². The largest absolute Gasteiger partial charge is 0.438 e. The number of aromatic nitrogens is 2. The van der Waals surface area contributed by atoms with Gasteiger partial charge in [0.05, 0.1) is 4.92 Å². The number of non-ortho nitro benzene ring substituents is 1. The number of nitro benzene ring substituents is 1. The summed E-state index contributed by atoms with van der Waals surface area (Å²) in [6.07, 6.45) is 0.285. The summed E-state index contributed by atoms with van der Waals surface area (Å²) in [7, 11) is 0. The van der Waals surface area contributed by atoms with Crippen molar-refractivity contribution in [1.29, 1.82) is 0 Å². The van der Waals surface area contributed by atoms with Crippen LogP contribution in [0.3, 0.4) is 0 Å². The SMILES string of the molecule is O=c1[nH]c(Cc2cccc([N+](=O)[O-])c2)no1. The van der Waals surface area contributed by atoms with E-state index >= 15 is 0 Å². The second kappa shape index (κ2) is 3.97. The molecule has 2 rings (SSSR count). The lowest BCUT2D eigenvalue weighted by Crippen LogP contribution is -1.98. The van der Waals surface area contributed by atoms with Crippen LogP contribution in [0, 0.1) is 10.1 Å². The highest BCUT2D eigenvalue weighted by Gasteiger charge is 2.07. The van der Waals surface area contributed by atoms with Crippen molar-refractivity contribution in [3.8, 4) is 0 Å². The zero-order valence-corrected chi connectivity index (χ0v) is 8.04.